The number of fused-ring (bicyclic) bond motifs is 1. The minimum atomic E-state index is 0. The van der Waals surface area contributed by atoms with E-state index in [-0.39, 0.29) is 52.8 Å². The molecule has 0 radical (unpaired) electrons. The van der Waals surface area contributed by atoms with Gasteiger partial charge in [0.2, 0.25) is 0 Å². The van der Waals surface area contributed by atoms with Gasteiger partial charge in [-0.25, -0.2) is 4.98 Å². The van der Waals surface area contributed by atoms with Crippen LogP contribution in [0.4, 0.5) is 0 Å². The van der Waals surface area contributed by atoms with Crippen LogP contribution in [0.3, 0.4) is 0 Å². The SMILES string of the molecule is CCc1nc2c(CC)cn(Cc3ccc(-c4ccccc4-n4cnnn4)cc3)n2n1.[H-].[K+]. The summed E-state index contributed by atoms with van der Waals surface area (Å²) in [5.41, 5.74) is 6.52. The van der Waals surface area contributed by atoms with Gasteiger partial charge in [-0.05, 0) is 34.0 Å². The van der Waals surface area contributed by atoms with E-state index < -0.39 is 0 Å². The topological polar surface area (TPSA) is 78.7 Å². The van der Waals surface area contributed by atoms with Crippen molar-refractivity contribution in [2.24, 2.45) is 0 Å². The van der Waals surface area contributed by atoms with Gasteiger partial charge in [-0.3, -0.25) is 4.68 Å². The number of rotatable bonds is 6. The smallest absolute Gasteiger partial charge is 1.00 e. The van der Waals surface area contributed by atoms with Crippen LogP contribution in [-0.2, 0) is 19.4 Å². The van der Waals surface area contributed by atoms with Crippen molar-refractivity contribution in [2.45, 2.75) is 33.2 Å². The van der Waals surface area contributed by atoms with E-state index in [1.54, 1.807) is 11.0 Å². The number of benzene rings is 2. The molecule has 5 aromatic rings. The third-order valence-corrected chi connectivity index (χ3v) is 5.28. The van der Waals surface area contributed by atoms with Gasteiger partial charge in [-0.2, -0.15) is 9.31 Å². The molecule has 0 aliphatic heterocycles. The Morgan fingerprint density at radius 3 is 2.48 bits per heavy atom. The Balaban J connectivity index is 0.00000144. The molecule has 152 valence electrons. The summed E-state index contributed by atoms with van der Waals surface area (Å²) in [6, 6.07) is 16.7. The summed E-state index contributed by atoms with van der Waals surface area (Å²) in [5.74, 6) is 0.878. The zero-order valence-electron chi connectivity index (χ0n) is 19.0. The minimum Gasteiger partial charge on any atom is -1.00 e. The molecule has 3 heterocycles. The van der Waals surface area contributed by atoms with Crippen molar-refractivity contribution in [1.82, 2.24) is 39.6 Å². The Hall–Kier alpha value is -2.17. The molecule has 0 bridgehead atoms. The molecule has 0 spiro atoms. The molecule has 0 fully saturated rings. The number of para-hydroxylation sites is 1. The first-order valence-corrected chi connectivity index (χ1v) is 10.1. The molecule has 0 atom stereocenters. The number of nitrogens with zero attached hydrogens (tertiary/aromatic N) is 8. The molecule has 2 aromatic carbocycles. The molecule has 3 aromatic heterocycles. The molecule has 9 heteroatoms. The van der Waals surface area contributed by atoms with E-state index in [1.165, 1.54) is 11.1 Å². The standard InChI is InChI=1S/C22H22N8.K.H/c1-3-17-14-28(30-22(17)24-21(4-2)25-30)13-16-9-11-18(12-10-16)19-7-5-6-8-20(19)29-15-23-26-27-29;;/h5-12,14-15H,3-4,13H2,1-2H3;;/q;+1;-1. The molecule has 8 nitrogen and oxygen atoms in total. The van der Waals surface area contributed by atoms with Crippen LogP contribution in [0.5, 0.6) is 0 Å². The second kappa shape index (κ2) is 9.54. The molecule has 0 amide bonds. The maximum atomic E-state index is 4.66. The average Bonchev–Trinajstić information content (AvgIpc) is 3.52. The number of aromatic nitrogens is 8. The van der Waals surface area contributed by atoms with Crippen LogP contribution in [0.2, 0.25) is 0 Å². The Labute approximate surface area is 224 Å². The van der Waals surface area contributed by atoms with E-state index in [2.05, 4.69) is 80.7 Å². The van der Waals surface area contributed by atoms with Crippen LogP contribution in [0.25, 0.3) is 22.5 Å². The Morgan fingerprint density at radius 2 is 1.77 bits per heavy atom. The molecule has 0 aliphatic rings. The summed E-state index contributed by atoms with van der Waals surface area (Å²) in [4.78, 5) is 4.66. The van der Waals surface area contributed by atoms with E-state index in [0.717, 1.165) is 47.7 Å². The number of hydrogen-bond acceptors (Lipinski definition) is 5. The van der Waals surface area contributed by atoms with E-state index in [1.807, 2.05) is 22.8 Å². The van der Waals surface area contributed by atoms with Crippen LogP contribution in [0.1, 0.15) is 32.2 Å². The number of hydrogen-bond donors (Lipinski definition) is 0. The molecular formula is C22H23KN8. The van der Waals surface area contributed by atoms with Gasteiger partial charge in [0.1, 0.15) is 6.33 Å². The van der Waals surface area contributed by atoms with Crippen molar-refractivity contribution in [3.63, 3.8) is 0 Å². The van der Waals surface area contributed by atoms with Crippen LogP contribution >= 0.6 is 0 Å². The number of aryl methyl sites for hydroxylation is 2. The zero-order valence-corrected chi connectivity index (χ0v) is 21.1. The normalized spacial score (nSPS) is 11.0. The van der Waals surface area contributed by atoms with Gasteiger partial charge in [0.05, 0.1) is 12.2 Å². The van der Waals surface area contributed by atoms with Gasteiger partial charge in [0.15, 0.2) is 11.5 Å². The van der Waals surface area contributed by atoms with Crippen LogP contribution in [0.15, 0.2) is 61.1 Å². The second-order valence-electron chi connectivity index (χ2n) is 7.17. The van der Waals surface area contributed by atoms with Crippen molar-refractivity contribution in [3.05, 3.63) is 78.0 Å². The quantitative estimate of drug-likeness (QED) is 0.360. The first-order valence-electron chi connectivity index (χ1n) is 10.1. The van der Waals surface area contributed by atoms with Gasteiger partial charge >= 0.3 is 51.4 Å². The first-order chi connectivity index (χ1) is 14.8. The summed E-state index contributed by atoms with van der Waals surface area (Å²) in [7, 11) is 0. The van der Waals surface area contributed by atoms with Gasteiger partial charge in [0.25, 0.3) is 0 Å². The summed E-state index contributed by atoms with van der Waals surface area (Å²) in [5, 5.41) is 16.2. The van der Waals surface area contributed by atoms with Crippen molar-refractivity contribution < 1.29 is 52.8 Å². The fraction of sp³-hybridized carbons (Fsp3) is 0.227. The van der Waals surface area contributed by atoms with Gasteiger partial charge in [0, 0.05) is 23.7 Å². The number of tetrazole rings is 1. The van der Waals surface area contributed by atoms with Crippen molar-refractivity contribution in [3.8, 4) is 16.8 Å². The fourth-order valence-electron chi connectivity index (χ4n) is 3.70. The summed E-state index contributed by atoms with van der Waals surface area (Å²) < 4.78 is 5.74. The first kappa shape index (κ1) is 22.0. The van der Waals surface area contributed by atoms with E-state index in [4.69, 9.17) is 0 Å². The molecule has 0 unspecified atom stereocenters. The van der Waals surface area contributed by atoms with E-state index in [9.17, 15) is 0 Å². The minimum absolute atomic E-state index is 0. The summed E-state index contributed by atoms with van der Waals surface area (Å²) >= 11 is 0. The molecule has 0 saturated carbocycles. The monoisotopic (exact) mass is 438 g/mol. The van der Waals surface area contributed by atoms with Crippen LogP contribution in [0, 0.1) is 0 Å². The Bertz CT molecular complexity index is 1290. The Morgan fingerprint density at radius 1 is 0.968 bits per heavy atom. The van der Waals surface area contributed by atoms with Crippen LogP contribution in [-0.4, -0.2) is 39.6 Å². The molecule has 31 heavy (non-hydrogen) atoms. The molecule has 0 N–H and O–H groups in total. The Kier molecular flexibility index (Phi) is 6.78. The molecular weight excluding hydrogens is 415 g/mol. The predicted octanol–water partition coefficient (Wildman–Crippen LogP) is 0.463. The summed E-state index contributed by atoms with van der Waals surface area (Å²) in [6.07, 6.45) is 5.53. The third kappa shape index (κ3) is 4.28. The third-order valence-electron chi connectivity index (χ3n) is 5.28. The maximum Gasteiger partial charge on any atom is 1.00 e. The van der Waals surface area contributed by atoms with Gasteiger partial charge < -0.3 is 1.43 Å². The summed E-state index contributed by atoms with van der Waals surface area (Å²) in [6.45, 7) is 4.96. The van der Waals surface area contributed by atoms with Crippen molar-refractivity contribution in [2.75, 3.05) is 0 Å². The average molecular weight is 439 g/mol. The molecule has 0 saturated heterocycles. The van der Waals surface area contributed by atoms with Crippen LogP contribution < -0.4 is 51.4 Å². The van der Waals surface area contributed by atoms with E-state index in [0.29, 0.717) is 0 Å². The largest absolute Gasteiger partial charge is 1.00 e. The fourth-order valence-corrected chi connectivity index (χ4v) is 3.70. The van der Waals surface area contributed by atoms with Crippen molar-refractivity contribution >= 4 is 5.65 Å². The van der Waals surface area contributed by atoms with Gasteiger partial charge in [-0.1, -0.05) is 56.3 Å². The maximum absolute atomic E-state index is 4.66. The van der Waals surface area contributed by atoms with E-state index >= 15 is 0 Å². The van der Waals surface area contributed by atoms with Crippen molar-refractivity contribution in [1.29, 1.82) is 0 Å². The molecule has 5 rings (SSSR count). The predicted molar refractivity (Wildman–Crippen MR) is 115 cm³/mol. The zero-order chi connectivity index (χ0) is 20.5. The van der Waals surface area contributed by atoms with Gasteiger partial charge in [-0.15, -0.1) is 10.2 Å². The second-order valence-corrected chi connectivity index (χ2v) is 7.17. The molecule has 0 aliphatic carbocycles.